The maximum absolute atomic E-state index is 11.7. The van der Waals surface area contributed by atoms with E-state index >= 15 is 0 Å². The second kappa shape index (κ2) is 5.11. The van der Waals surface area contributed by atoms with Gasteiger partial charge in [-0.3, -0.25) is 4.79 Å². The number of methoxy groups -OCH3 is 1. The summed E-state index contributed by atoms with van der Waals surface area (Å²) in [5.41, 5.74) is 0.808. The minimum Gasteiger partial charge on any atom is -0.497 e. The highest BCUT2D eigenvalue weighted by atomic mass is 16.5. The van der Waals surface area contributed by atoms with Gasteiger partial charge in [0.15, 0.2) is 0 Å². The Kier molecular flexibility index (Phi) is 3.69. The Morgan fingerprint density at radius 2 is 2.26 bits per heavy atom. The summed E-state index contributed by atoms with van der Waals surface area (Å²) in [5.74, 6) is 1.86. The van der Waals surface area contributed by atoms with Crippen LogP contribution in [0.1, 0.15) is 38.2 Å². The third-order valence-corrected chi connectivity index (χ3v) is 3.49. The number of hydrogen-bond donors (Lipinski definition) is 1. The van der Waals surface area contributed by atoms with E-state index in [-0.39, 0.29) is 17.4 Å². The molecule has 1 aliphatic heterocycles. The first-order valence-electron chi connectivity index (χ1n) is 6.53. The number of nitrogens with one attached hydrogen (secondary N) is 1. The number of ether oxygens (including phenoxy) is 2. The molecule has 0 saturated carbocycles. The molecule has 0 bridgehead atoms. The van der Waals surface area contributed by atoms with Gasteiger partial charge in [0.25, 0.3) is 0 Å². The molecule has 1 heterocycles. The topological polar surface area (TPSA) is 47.6 Å². The molecule has 0 fully saturated rings. The summed E-state index contributed by atoms with van der Waals surface area (Å²) in [7, 11) is 3.31. The molecule has 1 atom stereocenters. The molecule has 0 saturated heterocycles. The summed E-state index contributed by atoms with van der Waals surface area (Å²) in [4.78, 5) is 11.7. The zero-order valence-electron chi connectivity index (χ0n) is 11.9. The first-order chi connectivity index (χ1) is 8.95. The predicted molar refractivity (Wildman–Crippen MR) is 73.7 cm³/mol. The molecule has 104 valence electrons. The summed E-state index contributed by atoms with van der Waals surface area (Å²) in [6.07, 6.45) is 1.30. The van der Waals surface area contributed by atoms with E-state index < -0.39 is 0 Å². The van der Waals surface area contributed by atoms with Crippen LogP contribution in [-0.4, -0.2) is 25.7 Å². The lowest BCUT2D eigenvalue weighted by molar-refractivity contribution is -0.121. The van der Waals surface area contributed by atoms with Gasteiger partial charge < -0.3 is 14.8 Å². The van der Waals surface area contributed by atoms with Gasteiger partial charge in [-0.2, -0.15) is 0 Å². The van der Waals surface area contributed by atoms with Crippen LogP contribution in [0, 0.1) is 0 Å². The Hall–Kier alpha value is -1.71. The van der Waals surface area contributed by atoms with Crippen LogP contribution in [0.3, 0.4) is 0 Å². The van der Waals surface area contributed by atoms with E-state index in [1.54, 1.807) is 14.2 Å². The molecule has 1 unspecified atom stereocenters. The number of rotatable bonds is 3. The zero-order valence-corrected chi connectivity index (χ0v) is 11.9. The highest BCUT2D eigenvalue weighted by Gasteiger charge is 2.34. The van der Waals surface area contributed by atoms with Gasteiger partial charge in [0.2, 0.25) is 5.91 Å². The molecule has 19 heavy (non-hydrogen) atoms. The highest BCUT2D eigenvalue weighted by Crippen LogP contribution is 2.43. The minimum absolute atomic E-state index is 0.0523. The molecule has 1 aliphatic rings. The lowest BCUT2D eigenvalue weighted by atomic mass is 9.82. The van der Waals surface area contributed by atoms with Crippen LogP contribution >= 0.6 is 0 Å². The van der Waals surface area contributed by atoms with E-state index in [2.05, 4.69) is 19.2 Å². The SMILES string of the molecule is CNC(=O)CC1CC(C)(C)Oc2ccc(OC)cc21. The Bertz CT molecular complexity index is 482. The van der Waals surface area contributed by atoms with Crippen molar-refractivity contribution in [1.82, 2.24) is 5.32 Å². The Morgan fingerprint density at radius 3 is 2.89 bits per heavy atom. The predicted octanol–water partition coefficient (Wildman–Crippen LogP) is 2.48. The van der Waals surface area contributed by atoms with Crippen LogP contribution in [0.15, 0.2) is 18.2 Å². The zero-order chi connectivity index (χ0) is 14.0. The third-order valence-electron chi connectivity index (χ3n) is 3.49. The number of fused-ring (bicyclic) bond motifs is 1. The van der Waals surface area contributed by atoms with Crippen molar-refractivity contribution in [2.45, 2.75) is 38.2 Å². The van der Waals surface area contributed by atoms with Crippen LogP contribution in [0.25, 0.3) is 0 Å². The Morgan fingerprint density at radius 1 is 1.53 bits per heavy atom. The number of benzene rings is 1. The molecule has 0 aliphatic carbocycles. The fourth-order valence-corrected chi connectivity index (χ4v) is 2.62. The molecular weight excluding hydrogens is 242 g/mol. The van der Waals surface area contributed by atoms with Crippen molar-refractivity contribution >= 4 is 5.91 Å². The Balaban J connectivity index is 2.36. The van der Waals surface area contributed by atoms with E-state index in [1.807, 2.05) is 18.2 Å². The molecule has 1 N–H and O–H groups in total. The molecule has 1 amide bonds. The van der Waals surface area contributed by atoms with Crippen LogP contribution in [0.5, 0.6) is 11.5 Å². The van der Waals surface area contributed by atoms with E-state index in [0.29, 0.717) is 6.42 Å². The molecule has 1 aromatic carbocycles. The number of amides is 1. The van der Waals surface area contributed by atoms with E-state index in [0.717, 1.165) is 23.5 Å². The van der Waals surface area contributed by atoms with Gasteiger partial charge in [-0.15, -0.1) is 0 Å². The summed E-state index contributed by atoms with van der Waals surface area (Å²) in [5, 5.41) is 2.69. The van der Waals surface area contributed by atoms with Crippen molar-refractivity contribution in [3.8, 4) is 11.5 Å². The van der Waals surface area contributed by atoms with Crippen molar-refractivity contribution in [2.24, 2.45) is 0 Å². The molecule has 2 rings (SSSR count). The lowest BCUT2D eigenvalue weighted by Crippen LogP contribution is -2.36. The molecule has 1 aromatic rings. The second-order valence-electron chi connectivity index (χ2n) is 5.54. The van der Waals surface area contributed by atoms with Crippen molar-refractivity contribution in [3.05, 3.63) is 23.8 Å². The maximum atomic E-state index is 11.7. The smallest absolute Gasteiger partial charge is 0.220 e. The highest BCUT2D eigenvalue weighted by molar-refractivity contribution is 5.76. The molecule has 0 spiro atoms. The van der Waals surface area contributed by atoms with E-state index in [9.17, 15) is 4.79 Å². The van der Waals surface area contributed by atoms with Gasteiger partial charge in [0.05, 0.1) is 7.11 Å². The maximum Gasteiger partial charge on any atom is 0.220 e. The van der Waals surface area contributed by atoms with Gasteiger partial charge in [0, 0.05) is 24.9 Å². The van der Waals surface area contributed by atoms with Crippen LogP contribution < -0.4 is 14.8 Å². The number of carbonyl (C=O) groups is 1. The fraction of sp³-hybridized carbons (Fsp3) is 0.533. The molecule has 0 aromatic heterocycles. The molecular formula is C15H21NO3. The van der Waals surface area contributed by atoms with Gasteiger partial charge in [-0.1, -0.05) is 0 Å². The largest absolute Gasteiger partial charge is 0.497 e. The number of carbonyl (C=O) groups excluding carboxylic acids is 1. The lowest BCUT2D eigenvalue weighted by Gasteiger charge is -2.37. The van der Waals surface area contributed by atoms with Crippen molar-refractivity contribution in [3.63, 3.8) is 0 Å². The minimum atomic E-state index is -0.250. The summed E-state index contributed by atoms with van der Waals surface area (Å²) in [6, 6.07) is 5.78. The van der Waals surface area contributed by atoms with Crippen LogP contribution in [0.4, 0.5) is 0 Å². The monoisotopic (exact) mass is 263 g/mol. The van der Waals surface area contributed by atoms with Gasteiger partial charge >= 0.3 is 0 Å². The Labute approximate surface area is 114 Å². The summed E-state index contributed by atoms with van der Waals surface area (Å²) >= 11 is 0. The molecule has 4 heteroatoms. The van der Waals surface area contributed by atoms with Gasteiger partial charge in [0.1, 0.15) is 17.1 Å². The molecule has 0 radical (unpaired) electrons. The molecule has 4 nitrogen and oxygen atoms in total. The van der Waals surface area contributed by atoms with Crippen LogP contribution in [-0.2, 0) is 4.79 Å². The third kappa shape index (κ3) is 3.00. The van der Waals surface area contributed by atoms with Crippen LogP contribution in [0.2, 0.25) is 0 Å². The van der Waals surface area contributed by atoms with Gasteiger partial charge in [-0.05, 0) is 38.5 Å². The average molecular weight is 263 g/mol. The van der Waals surface area contributed by atoms with Crippen molar-refractivity contribution < 1.29 is 14.3 Å². The van der Waals surface area contributed by atoms with Crippen molar-refractivity contribution in [1.29, 1.82) is 0 Å². The summed E-state index contributed by atoms with van der Waals surface area (Å²) in [6.45, 7) is 4.11. The number of hydrogen-bond acceptors (Lipinski definition) is 3. The quantitative estimate of drug-likeness (QED) is 0.911. The van der Waals surface area contributed by atoms with Gasteiger partial charge in [-0.25, -0.2) is 0 Å². The fourth-order valence-electron chi connectivity index (χ4n) is 2.62. The normalized spacial score (nSPS) is 20.1. The van der Waals surface area contributed by atoms with E-state index in [4.69, 9.17) is 9.47 Å². The first kappa shape index (κ1) is 13.7. The second-order valence-corrected chi connectivity index (χ2v) is 5.54. The summed E-state index contributed by atoms with van der Waals surface area (Å²) < 4.78 is 11.2. The van der Waals surface area contributed by atoms with Crippen molar-refractivity contribution in [2.75, 3.05) is 14.2 Å². The standard InChI is InChI=1S/C15H21NO3/c1-15(2)9-10(7-14(17)16-3)12-8-11(18-4)5-6-13(12)19-15/h5-6,8,10H,7,9H2,1-4H3,(H,16,17). The average Bonchev–Trinajstić information content (AvgIpc) is 2.37. The first-order valence-corrected chi connectivity index (χ1v) is 6.53. The van der Waals surface area contributed by atoms with E-state index in [1.165, 1.54) is 0 Å².